The number of nitrogens with one attached hydrogen (secondary N) is 2. The largest absolute Gasteiger partial charge is 0.325 e. The van der Waals surface area contributed by atoms with Crippen LogP contribution in [0.2, 0.25) is 0 Å². The van der Waals surface area contributed by atoms with Crippen molar-refractivity contribution in [3.8, 4) is 0 Å². The molecule has 4 nitrogen and oxygen atoms in total. The van der Waals surface area contributed by atoms with E-state index in [1.54, 1.807) is 6.20 Å². The van der Waals surface area contributed by atoms with Gasteiger partial charge in [0.1, 0.15) is 0 Å². The average Bonchev–Trinajstić information content (AvgIpc) is 2.42. The maximum Gasteiger partial charge on any atom is 0.224 e. The summed E-state index contributed by atoms with van der Waals surface area (Å²) in [5.74, 6) is 1.13. The van der Waals surface area contributed by atoms with Gasteiger partial charge in [0.15, 0.2) is 0 Å². The third kappa shape index (κ3) is 5.10. The summed E-state index contributed by atoms with van der Waals surface area (Å²) in [5.41, 5.74) is 1.74. The van der Waals surface area contributed by atoms with Gasteiger partial charge in [0.25, 0.3) is 0 Å². The molecule has 0 bridgehead atoms. The number of rotatable bonds is 4. The zero-order valence-corrected chi connectivity index (χ0v) is 13.0. The van der Waals surface area contributed by atoms with Gasteiger partial charge in [-0.2, -0.15) is 0 Å². The van der Waals surface area contributed by atoms with Crippen molar-refractivity contribution < 1.29 is 4.79 Å². The molecular formula is C15H24ClN3O. The van der Waals surface area contributed by atoms with Crippen LogP contribution in [0, 0.1) is 18.8 Å². The molecule has 0 aromatic carbocycles. The van der Waals surface area contributed by atoms with E-state index in [4.69, 9.17) is 0 Å². The van der Waals surface area contributed by atoms with Crippen molar-refractivity contribution in [1.29, 1.82) is 0 Å². The lowest BCUT2D eigenvalue weighted by Gasteiger charge is -2.28. The molecule has 1 amide bonds. The Morgan fingerprint density at radius 3 is 2.95 bits per heavy atom. The number of amides is 1. The van der Waals surface area contributed by atoms with Crippen molar-refractivity contribution in [2.45, 2.75) is 33.1 Å². The number of carbonyl (C=O) groups is 1. The van der Waals surface area contributed by atoms with Gasteiger partial charge >= 0.3 is 0 Å². The molecule has 1 fully saturated rings. The lowest BCUT2D eigenvalue weighted by molar-refractivity contribution is -0.117. The summed E-state index contributed by atoms with van der Waals surface area (Å²) < 4.78 is 0. The predicted octanol–water partition coefficient (Wildman–Crippen LogP) is 2.78. The predicted molar refractivity (Wildman–Crippen MR) is 84.2 cm³/mol. The number of hydrogen-bond donors (Lipinski definition) is 2. The minimum atomic E-state index is 0. The van der Waals surface area contributed by atoms with E-state index in [9.17, 15) is 4.79 Å². The molecule has 2 atom stereocenters. The van der Waals surface area contributed by atoms with E-state index >= 15 is 0 Å². The first-order valence-electron chi connectivity index (χ1n) is 7.08. The summed E-state index contributed by atoms with van der Waals surface area (Å²) in [6.07, 6.45) is 4.74. The van der Waals surface area contributed by atoms with Gasteiger partial charge < -0.3 is 10.6 Å². The number of pyridine rings is 1. The van der Waals surface area contributed by atoms with Crippen molar-refractivity contribution in [2.24, 2.45) is 11.8 Å². The maximum absolute atomic E-state index is 12.0. The molecule has 2 heterocycles. The molecule has 0 radical (unpaired) electrons. The van der Waals surface area contributed by atoms with Gasteiger partial charge in [-0.3, -0.25) is 9.78 Å². The number of aryl methyl sites for hydroxylation is 1. The van der Waals surface area contributed by atoms with Crippen LogP contribution in [0.15, 0.2) is 18.3 Å². The van der Waals surface area contributed by atoms with Gasteiger partial charge in [0.05, 0.1) is 11.9 Å². The van der Waals surface area contributed by atoms with E-state index in [-0.39, 0.29) is 18.3 Å². The van der Waals surface area contributed by atoms with Crippen molar-refractivity contribution in [3.63, 3.8) is 0 Å². The second-order valence-corrected chi connectivity index (χ2v) is 5.52. The van der Waals surface area contributed by atoms with Gasteiger partial charge in [-0.25, -0.2) is 0 Å². The van der Waals surface area contributed by atoms with E-state index in [2.05, 4.69) is 22.5 Å². The molecule has 1 saturated heterocycles. The molecule has 2 rings (SSSR count). The minimum Gasteiger partial charge on any atom is -0.325 e. The Bertz CT molecular complexity index is 416. The van der Waals surface area contributed by atoms with Gasteiger partial charge in [-0.1, -0.05) is 6.92 Å². The van der Waals surface area contributed by atoms with Crippen molar-refractivity contribution in [2.75, 3.05) is 18.4 Å². The van der Waals surface area contributed by atoms with Gasteiger partial charge in [0, 0.05) is 12.1 Å². The summed E-state index contributed by atoms with van der Waals surface area (Å²) in [6.45, 7) is 6.26. The summed E-state index contributed by atoms with van der Waals surface area (Å²) in [6, 6.07) is 3.80. The topological polar surface area (TPSA) is 54.0 Å². The standard InChI is InChI=1S/C15H23N3O.ClH/c1-11(13-4-3-7-16-9-13)8-15(19)18-14-6-5-12(2)17-10-14;/h5-6,10-11,13,16H,3-4,7-9H2,1-2H3,(H,18,19);1H. The van der Waals surface area contributed by atoms with Crippen LogP contribution in [0.4, 0.5) is 5.69 Å². The molecule has 1 aromatic heterocycles. The Hall–Kier alpha value is -1.13. The van der Waals surface area contributed by atoms with Crippen LogP contribution in [0.1, 0.15) is 31.9 Å². The Balaban J connectivity index is 0.00000200. The third-order valence-corrected chi connectivity index (χ3v) is 3.84. The fourth-order valence-electron chi connectivity index (χ4n) is 2.58. The number of nitrogens with zero attached hydrogens (tertiary/aromatic N) is 1. The van der Waals surface area contributed by atoms with Crippen molar-refractivity contribution in [3.05, 3.63) is 24.0 Å². The van der Waals surface area contributed by atoms with Crippen LogP contribution < -0.4 is 10.6 Å². The molecule has 0 saturated carbocycles. The number of halogens is 1. The van der Waals surface area contributed by atoms with Crippen LogP contribution in [-0.2, 0) is 4.79 Å². The molecule has 1 aromatic rings. The smallest absolute Gasteiger partial charge is 0.224 e. The summed E-state index contributed by atoms with van der Waals surface area (Å²) >= 11 is 0. The number of piperidine rings is 1. The minimum absolute atomic E-state index is 0. The molecule has 20 heavy (non-hydrogen) atoms. The molecule has 1 aliphatic heterocycles. The van der Waals surface area contributed by atoms with E-state index in [1.165, 1.54) is 12.8 Å². The number of carbonyl (C=O) groups excluding carboxylic acids is 1. The highest BCUT2D eigenvalue weighted by molar-refractivity contribution is 5.90. The number of aromatic nitrogens is 1. The molecule has 0 aliphatic carbocycles. The second-order valence-electron chi connectivity index (χ2n) is 5.52. The zero-order valence-electron chi connectivity index (χ0n) is 12.2. The van der Waals surface area contributed by atoms with E-state index in [0.29, 0.717) is 18.3 Å². The van der Waals surface area contributed by atoms with Crippen LogP contribution in [-0.4, -0.2) is 24.0 Å². The summed E-state index contributed by atoms with van der Waals surface area (Å²) in [7, 11) is 0. The highest BCUT2D eigenvalue weighted by atomic mass is 35.5. The molecule has 5 heteroatoms. The van der Waals surface area contributed by atoms with Crippen LogP contribution in [0.25, 0.3) is 0 Å². The second kappa shape index (κ2) is 8.22. The van der Waals surface area contributed by atoms with Crippen molar-refractivity contribution in [1.82, 2.24) is 10.3 Å². The number of hydrogen-bond acceptors (Lipinski definition) is 3. The Kier molecular flexibility index (Phi) is 6.96. The maximum atomic E-state index is 12.0. The Morgan fingerprint density at radius 1 is 1.55 bits per heavy atom. The lowest BCUT2D eigenvalue weighted by atomic mass is 9.85. The van der Waals surface area contributed by atoms with E-state index in [1.807, 2.05) is 19.1 Å². The van der Waals surface area contributed by atoms with E-state index in [0.717, 1.165) is 24.5 Å². The summed E-state index contributed by atoms with van der Waals surface area (Å²) in [5, 5.41) is 6.32. The fourth-order valence-corrected chi connectivity index (χ4v) is 2.58. The average molecular weight is 298 g/mol. The molecule has 1 aliphatic rings. The first-order chi connectivity index (χ1) is 9.15. The van der Waals surface area contributed by atoms with E-state index < -0.39 is 0 Å². The highest BCUT2D eigenvalue weighted by Crippen LogP contribution is 2.22. The van der Waals surface area contributed by atoms with Gasteiger partial charge in [-0.15, -0.1) is 12.4 Å². The molecule has 2 unspecified atom stereocenters. The Labute approximate surface area is 127 Å². The quantitative estimate of drug-likeness (QED) is 0.898. The van der Waals surface area contributed by atoms with Gasteiger partial charge in [-0.05, 0) is 56.8 Å². The number of anilines is 1. The first kappa shape index (κ1) is 16.9. The SMILES string of the molecule is Cc1ccc(NC(=O)CC(C)C2CCCNC2)cn1.Cl. The molecular weight excluding hydrogens is 274 g/mol. The zero-order chi connectivity index (χ0) is 13.7. The fraction of sp³-hybridized carbons (Fsp3) is 0.600. The van der Waals surface area contributed by atoms with Crippen molar-refractivity contribution >= 4 is 24.0 Å². The first-order valence-corrected chi connectivity index (χ1v) is 7.08. The molecule has 112 valence electrons. The highest BCUT2D eigenvalue weighted by Gasteiger charge is 2.21. The van der Waals surface area contributed by atoms with Crippen LogP contribution in [0.3, 0.4) is 0 Å². The normalized spacial score (nSPS) is 19.8. The Morgan fingerprint density at radius 2 is 2.35 bits per heavy atom. The van der Waals surface area contributed by atoms with Gasteiger partial charge in [0.2, 0.25) is 5.91 Å². The molecule has 0 spiro atoms. The lowest BCUT2D eigenvalue weighted by Crippen LogP contribution is -2.34. The molecule has 2 N–H and O–H groups in total. The monoisotopic (exact) mass is 297 g/mol. The summed E-state index contributed by atoms with van der Waals surface area (Å²) in [4.78, 5) is 16.2. The van der Waals surface area contributed by atoms with Crippen LogP contribution >= 0.6 is 12.4 Å². The van der Waals surface area contributed by atoms with Crippen LogP contribution in [0.5, 0.6) is 0 Å². The third-order valence-electron chi connectivity index (χ3n) is 3.84.